The average molecular weight is 517 g/mol. The van der Waals surface area contributed by atoms with E-state index < -0.39 is 29.8 Å². The second kappa shape index (κ2) is 8.81. The Labute approximate surface area is 213 Å². The molecule has 6 rings (SSSR count). The fraction of sp³-hybridized carbons (Fsp3) is 0.103. The maximum Gasteiger partial charge on any atom is 0.424 e. The van der Waals surface area contributed by atoms with Crippen molar-refractivity contribution in [1.82, 2.24) is 14.8 Å². The van der Waals surface area contributed by atoms with Crippen molar-refractivity contribution in [2.45, 2.75) is 11.8 Å². The van der Waals surface area contributed by atoms with Crippen LogP contribution in [0.15, 0.2) is 97.2 Å². The Hall–Kier alpha value is -4.50. The smallest absolute Gasteiger partial charge is 0.424 e. The third-order valence-electron chi connectivity index (χ3n) is 6.53. The van der Waals surface area contributed by atoms with Crippen LogP contribution in [0.3, 0.4) is 0 Å². The molecule has 4 aromatic carbocycles. The van der Waals surface area contributed by atoms with E-state index in [9.17, 15) is 22.7 Å². The van der Waals surface area contributed by atoms with Crippen LogP contribution in [-0.2, 0) is 5.60 Å². The lowest BCUT2D eigenvalue weighted by Crippen LogP contribution is -2.47. The molecule has 5 nitrogen and oxygen atoms in total. The van der Waals surface area contributed by atoms with Gasteiger partial charge in [-0.1, -0.05) is 36.4 Å². The molecule has 1 atom stereocenters. The number of aromatic nitrogens is 3. The van der Waals surface area contributed by atoms with Crippen molar-refractivity contribution in [3.63, 3.8) is 0 Å². The zero-order chi connectivity index (χ0) is 26.5. The van der Waals surface area contributed by atoms with E-state index in [1.54, 1.807) is 18.2 Å². The molecule has 2 aromatic heterocycles. The average Bonchev–Trinajstić information content (AvgIpc) is 3.33. The normalized spacial score (nSPS) is 13.7. The second-order valence-electron chi connectivity index (χ2n) is 8.96. The summed E-state index contributed by atoms with van der Waals surface area (Å²) in [6, 6.07) is 23.7. The largest absolute Gasteiger partial charge is 0.488 e. The summed E-state index contributed by atoms with van der Waals surface area (Å²) in [5.74, 6) is -0.293. The van der Waals surface area contributed by atoms with Crippen molar-refractivity contribution in [2.24, 2.45) is 0 Å². The topological polar surface area (TPSA) is 60.2 Å². The van der Waals surface area contributed by atoms with Crippen LogP contribution in [0.1, 0.15) is 5.56 Å². The number of rotatable bonds is 5. The number of hydrogen-bond donors (Lipinski definition) is 1. The lowest BCUT2D eigenvalue weighted by molar-refractivity contribution is -0.275. The highest BCUT2D eigenvalue weighted by Gasteiger charge is 2.56. The van der Waals surface area contributed by atoms with E-state index in [2.05, 4.69) is 10.1 Å². The second-order valence-corrected chi connectivity index (χ2v) is 8.96. The van der Waals surface area contributed by atoms with Crippen LogP contribution in [0, 0.1) is 5.82 Å². The lowest BCUT2D eigenvalue weighted by atomic mass is 9.93. The molecular formula is C29H19F4N3O2. The Bertz CT molecular complexity index is 1800. The van der Waals surface area contributed by atoms with Gasteiger partial charge in [0.05, 0.1) is 22.9 Å². The van der Waals surface area contributed by atoms with Gasteiger partial charge in [-0.05, 0) is 60.2 Å². The number of para-hydroxylation sites is 2. The summed E-state index contributed by atoms with van der Waals surface area (Å²) in [5.41, 5.74) is -1.60. The number of nitrogens with zero attached hydrogens (tertiary/aromatic N) is 3. The first kappa shape index (κ1) is 23.9. The predicted molar refractivity (Wildman–Crippen MR) is 136 cm³/mol. The molecule has 0 bridgehead atoms. The monoisotopic (exact) mass is 517 g/mol. The van der Waals surface area contributed by atoms with Crippen molar-refractivity contribution in [3.05, 3.63) is 109 Å². The number of alkyl halides is 3. The zero-order valence-electron chi connectivity index (χ0n) is 19.7. The number of halogens is 4. The highest BCUT2D eigenvalue weighted by atomic mass is 19.4. The quantitative estimate of drug-likeness (QED) is 0.204. The predicted octanol–water partition coefficient (Wildman–Crippen LogP) is 6.69. The van der Waals surface area contributed by atoms with Crippen molar-refractivity contribution in [3.8, 4) is 11.4 Å². The molecule has 0 aliphatic heterocycles. The zero-order valence-corrected chi connectivity index (χ0v) is 19.7. The first-order valence-corrected chi connectivity index (χ1v) is 11.7. The van der Waals surface area contributed by atoms with Crippen molar-refractivity contribution < 1.29 is 27.4 Å². The molecule has 0 saturated heterocycles. The molecular weight excluding hydrogens is 498 g/mol. The summed E-state index contributed by atoms with van der Waals surface area (Å²) < 4.78 is 63.4. The van der Waals surface area contributed by atoms with Crippen LogP contribution < -0.4 is 4.74 Å². The minimum absolute atomic E-state index is 0.126. The van der Waals surface area contributed by atoms with Gasteiger partial charge in [0.15, 0.2) is 0 Å². The van der Waals surface area contributed by atoms with Gasteiger partial charge in [-0.2, -0.15) is 18.3 Å². The van der Waals surface area contributed by atoms with Crippen molar-refractivity contribution >= 4 is 32.7 Å². The maximum absolute atomic E-state index is 14.3. The molecule has 1 unspecified atom stereocenters. The highest BCUT2D eigenvalue weighted by molar-refractivity contribution is 5.95. The van der Waals surface area contributed by atoms with Gasteiger partial charge < -0.3 is 9.84 Å². The summed E-state index contributed by atoms with van der Waals surface area (Å²) in [6.07, 6.45) is -3.65. The number of benzene rings is 4. The molecule has 0 amide bonds. The Kier molecular flexibility index (Phi) is 5.53. The van der Waals surface area contributed by atoms with Crippen LogP contribution in [-0.4, -0.2) is 32.7 Å². The van der Waals surface area contributed by atoms with Gasteiger partial charge in [0, 0.05) is 16.2 Å². The van der Waals surface area contributed by atoms with Gasteiger partial charge in [0.25, 0.3) is 0 Å². The minimum Gasteiger partial charge on any atom is -0.488 e. The Morgan fingerprint density at radius 2 is 1.58 bits per heavy atom. The first-order valence-electron chi connectivity index (χ1n) is 11.7. The molecule has 2 heterocycles. The van der Waals surface area contributed by atoms with E-state index in [-0.39, 0.29) is 5.75 Å². The number of aliphatic hydroxyl groups is 1. The van der Waals surface area contributed by atoms with Gasteiger partial charge >= 0.3 is 6.18 Å². The van der Waals surface area contributed by atoms with Gasteiger partial charge in [0.1, 0.15) is 23.7 Å². The Morgan fingerprint density at radius 1 is 0.816 bits per heavy atom. The Balaban J connectivity index is 1.37. The first-order chi connectivity index (χ1) is 18.2. The summed E-state index contributed by atoms with van der Waals surface area (Å²) in [7, 11) is 0. The molecule has 6 aromatic rings. The van der Waals surface area contributed by atoms with E-state index in [1.165, 1.54) is 59.4 Å². The molecule has 0 aliphatic carbocycles. The number of hydrogen-bond acceptors (Lipinski definition) is 4. The van der Waals surface area contributed by atoms with Gasteiger partial charge in [-0.15, -0.1) is 0 Å². The van der Waals surface area contributed by atoms with E-state index >= 15 is 0 Å². The highest BCUT2D eigenvalue weighted by Crippen LogP contribution is 2.41. The fourth-order valence-corrected chi connectivity index (χ4v) is 4.48. The van der Waals surface area contributed by atoms with Crippen LogP contribution in [0.2, 0.25) is 0 Å². The van der Waals surface area contributed by atoms with Gasteiger partial charge in [0.2, 0.25) is 5.60 Å². The molecule has 9 heteroatoms. The van der Waals surface area contributed by atoms with Crippen LogP contribution in [0.25, 0.3) is 38.4 Å². The molecule has 38 heavy (non-hydrogen) atoms. The third-order valence-corrected chi connectivity index (χ3v) is 6.53. The van der Waals surface area contributed by atoms with E-state index in [0.717, 1.165) is 5.39 Å². The van der Waals surface area contributed by atoms with Gasteiger partial charge in [-0.3, -0.25) is 0 Å². The molecule has 0 fully saturated rings. The summed E-state index contributed by atoms with van der Waals surface area (Å²) in [5, 5.41) is 17.2. The molecule has 0 aliphatic rings. The molecule has 0 radical (unpaired) electrons. The van der Waals surface area contributed by atoms with E-state index in [1.807, 2.05) is 24.3 Å². The summed E-state index contributed by atoms with van der Waals surface area (Å²) >= 11 is 0. The van der Waals surface area contributed by atoms with Crippen LogP contribution >= 0.6 is 0 Å². The van der Waals surface area contributed by atoms with Crippen LogP contribution in [0.5, 0.6) is 5.75 Å². The number of pyridine rings is 1. The standard InChI is InChI=1S/C29H19F4N3O2/c30-22-9-11-23(12-10-22)36-25-13-8-21(15-20(25)16-34-36)28(37,29(31,32)33)17-38-26-7-3-5-19-14-18-4-1-2-6-24(18)35-27(19)26/h1-16,37H,17H2. The molecule has 190 valence electrons. The number of ether oxygens (including phenoxy) is 1. The SMILES string of the molecule is OC(COc1cccc2cc3ccccc3nc12)(c1ccc2c(cnn2-c2ccc(F)cc2)c1)C(F)(F)F. The lowest BCUT2D eigenvalue weighted by Gasteiger charge is -2.31. The van der Waals surface area contributed by atoms with Gasteiger partial charge in [-0.25, -0.2) is 14.1 Å². The summed E-state index contributed by atoms with van der Waals surface area (Å²) in [4.78, 5) is 4.57. The fourth-order valence-electron chi connectivity index (χ4n) is 4.48. The van der Waals surface area contributed by atoms with Crippen molar-refractivity contribution in [1.29, 1.82) is 0 Å². The molecule has 1 N–H and O–H groups in total. The Morgan fingerprint density at radius 3 is 2.37 bits per heavy atom. The van der Waals surface area contributed by atoms with E-state index in [0.29, 0.717) is 33.0 Å². The van der Waals surface area contributed by atoms with Crippen molar-refractivity contribution in [2.75, 3.05) is 6.61 Å². The number of fused-ring (bicyclic) bond motifs is 3. The summed E-state index contributed by atoms with van der Waals surface area (Å²) in [6.45, 7) is -1.08. The van der Waals surface area contributed by atoms with E-state index in [4.69, 9.17) is 4.74 Å². The van der Waals surface area contributed by atoms with Crippen LogP contribution in [0.4, 0.5) is 17.6 Å². The maximum atomic E-state index is 14.3. The minimum atomic E-state index is -5.04. The molecule has 0 saturated carbocycles. The molecule has 0 spiro atoms. The third kappa shape index (κ3) is 4.01.